The maximum Gasteiger partial charge on any atom is 0.309 e. The fourth-order valence-electron chi connectivity index (χ4n) is 0.984. The van der Waals surface area contributed by atoms with Crippen LogP contribution in [0.1, 0.15) is 32.6 Å². The largest absolute Gasteiger partial charge is 0.481 e. The number of carbonyl (C=O) groups is 2. The van der Waals surface area contributed by atoms with E-state index in [-0.39, 0.29) is 6.42 Å². The first-order chi connectivity index (χ1) is 8.21. The van der Waals surface area contributed by atoms with Gasteiger partial charge in [-0.05, 0) is 12.8 Å². The molecule has 0 aliphatic carbocycles. The molecule has 5 N–H and O–H groups in total. The number of aliphatic carboxylic acids is 1. The molecule has 0 bridgehead atoms. The summed E-state index contributed by atoms with van der Waals surface area (Å²) < 4.78 is 16.9. The third-order valence-electron chi connectivity index (χ3n) is 1.82. The van der Waals surface area contributed by atoms with Gasteiger partial charge in [0.15, 0.2) is 7.37 Å². The molecule has 2 amide bonds. The second-order valence-corrected chi connectivity index (χ2v) is 6.56. The zero-order chi connectivity index (χ0) is 14.6. The Morgan fingerprint density at radius 1 is 1.28 bits per heavy atom. The number of urea groups is 1. The molecule has 0 aromatic carbocycles. The number of amides is 2. The molecule has 1 unspecified atom stereocenters. The molecule has 0 heterocycles. The predicted octanol–water partition coefficient (Wildman–Crippen LogP) is 1.60. The summed E-state index contributed by atoms with van der Waals surface area (Å²) in [6.45, 7) is 4.12. The standard InChI is InChI=1S/C9H19O4P.CH4N2O/c1-3-4-7-13-14(2,12)8-5-6-9(10)11;2-1(3)4/h3-8H2,1-2H3,(H,10,11);(H4,2,3,4). The van der Waals surface area contributed by atoms with Crippen LogP contribution in [-0.2, 0) is 13.9 Å². The first-order valence-electron chi connectivity index (χ1n) is 5.69. The van der Waals surface area contributed by atoms with Crippen LogP contribution in [0.5, 0.6) is 0 Å². The van der Waals surface area contributed by atoms with Gasteiger partial charge in [-0.3, -0.25) is 9.36 Å². The molecule has 0 aromatic heterocycles. The summed E-state index contributed by atoms with van der Waals surface area (Å²) in [7, 11) is -2.54. The highest BCUT2D eigenvalue weighted by Gasteiger charge is 2.15. The number of hydrogen-bond donors (Lipinski definition) is 3. The van der Waals surface area contributed by atoms with E-state index in [1.54, 1.807) is 6.66 Å². The third-order valence-corrected chi connectivity index (χ3v) is 3.67. The van der Waals surface area contributed by atoms with E-state index in [0.29, 0.717) is 19.2 Å². The molecule has 0 rings (SSSR count). The van der Waals surface area contributed by atoms with E-state index < -0.39 is 19.4 Å². The van der Waals surface area contributed by atoms with E-state index in [4.69, 9.17) is 14.4 Å². The van der Waals surface area contributed by atoms with Gasteiger partial charge in [0.25, 0.3) is 0 Å². The molecular formula is C10H23N2O5P. The predicted molar refractivity (Wildman–Crippen MR) is 69.9 cm³/mol. The lowest BCUT2D eigenvalue weighted by Gasteiger charge is -2.12. The summed E-state index contributed by atoms with van der Waals surface area (Å²) in [4.78, 5) is 19.2. The van der Waals surface area contributed by atoms with Gasteiger partial charge in [0.1, 0.15) is 0 Å². The van der Waals surface area contributed by atoms with Crippen LogP contribution >= 0.6 is 7.37 Å². The Kier molecular flexibility index (Phi) is 11.8. The highest BCUT2D eigenvalue weighted by Crippen LogP contribution is 2.43. The van der Waals surface area contributed by atoms with Gasteiger partial charge < -0.3 is 21.1 Å². The second-order valence-electron chi connectivity index (χ2n) is 3.82. The van der Waals surface area contributed by atoms with Crippen LogP contribution in [0.3, 0.4) is 0 Å². The summed E-state index contributed by atoms with van der Waals surface area (Å²) in [6.07, 6.45) is 2.76. The van der Waals surface area contributed by atoms with Crippen molar-refractivity contribution in [3.8, 4) is 0 Å². The van der Waals surface area contributed by atoms with Gasteiger partial charge in [0.05, 0.1) is 6.61 Å². The fraction of sp³-hybridized carbons (Fsp3) is 0.800. The van der Waals surface area contributed by atoms with Crippen molar-refractivity contribution in [2.75, 3.05) is 19.4 Å². The number of unbranched alkanes of at least 4 members (excludes halogenated alkanes) is 1. The molecule has 0 aliphatic heterocycles. The lowest BCUT2D eigenvalue weighted by molar-refractivity contribution is -0.137. The Bertz CT molecular complexity index is 292. The Balaban J connectivity index is 0. The molecule has 0 aromatic rings. The lowest BCUT2D eigenvalue weighted by Crippen LogP contribution is -2.18. The molecule has 8 heteroatoms. The van der Waals surface area contributed by atoms with E-state index in [1.165, 1.54) is 0 Å². The SMILES string of the molecule is CCCCOP(C)(=O)CCCC(=O)O.NC(N)=O. The Morgan fingerprint density at radius 3 is 2.17 bits per heavy atom. The molecule has 0 aliphatic rings. The zero-order valence-corrected chi connectivity index (χ0v) is 11.8. The molecule has 0 saturated carbocycles. The van der Waals surface area contributed by atoms with Crippen LogP contribution in [0.4, 0.5) is 4.79 Å². The number of carbonyl (C=O) groups excluding carboxylic acids is 1. The minimum absolute atomic E-state index is 0.0645. The van der Waals surface area contributed by atoms with E-state index >= 15 is 0 Å². The van der Waals surface area contributed by atoms with Gasteiger partial charge in [0, 0.05) is 19.2 Å². The maximum atomic E-state index is 11.7. The highest BCUT2D eigenvalue weighted by atomic mass is 31.2. The van der Waals surface area contributed by atoms with Crippen molar-refractivity contribution >= 4 is 19.4 Å². The first kappa shape index (κ1) is 19.3. The van der Waals surface area contributed by atoms with Gasteiger partial charge >= 0.3 is 12.0 Å². The van der Waals surface area contributed by atoms with Crippen LogP contribution in [0, 0.1) is 0 Å². The molecular weight excluding hydrogens is 259 g/mol. The van der Waals surface area contributed by atoms with Crippen molar-refractivity contribution in [1.82, 2.24) is 0 Å². The van der Waals surface area contributed by atoms with Crippen molar-refractivity contribution in [2.24, 2.45) is 11.5 Å². The number of hydrogen-bond acceptors (Lipinski definition) is 4. The zero-order valence-electron chi connectivity index (χ0n) is 10.9. The number of rotatable bonds is 8. The summed E-state index contributed by atoms with van der Waals surface area (Å²) in [5, 5.41) is 8.39. The first-order valence-corrected chi connectivity index (χ1v) is 7.94. The van der Waals surface area contributed by atoms with Gasteiger partial charge in [-0.25, -0.2) is 4.79 Å². The van der Waals surface area contributed by atoms with Crippen LogP contribution in [0.15, 0.2) is 0 Å². The normalized spacial score (nSPS) is 13.0. The molecule has 108 valence electrons. The van der Waals surface area contributed by atoms with Gasteiger partial charge in [0.2, 0.25) is 0 Å². The van der Waals surface area contributed by atoms with Gasteiger partial charge in [-0.2, -0.15) is 0 Å². The van der Waals surface area contributed by atoms with Crippen molar-refractivity contribution < 1.29 is 23.8 Å². The van der Waals surface area contributed by atoms with Crippen LogP contribution < -0.4 is 11.5 Å². The van der Waals surface area contributed by atoms with E-state index in [9.17, 15) is 9.36 Å². The molecule has 0 fully saturated rings. The van der Waals surface area contributed by atoms with Crippen molar-refractivity contribution in [3.05, 3.63) is 0 Å². The number of carboxylic acids is 1. The minimum atomic E-state index is -2.54. The summed E-state index contributed by atoms with van der Waals surface area (Å²) in [6, 6.07) is -0.833. The Labute approximate surface area is 107 Å². The molecule has 0 radical (unpaired) electrons. The average molecular weight is 282 g/mol. The van der Waals surface area contributed by atoms with Gasteiger partial charge in [-0.1, -0.05) is 13.3 Å². The monoisotopic (exact) mass is 282 g/mol. The van der Waals surface area contributed by atoms with E-state index in [1.807, 2.05) is 6.92 Å². The molecule has 0 spiro atoms. The molecule has 18 heavy (non-hydrogen) atoms. The van der Waals surface area contributed by atoms with Crippen molar-refractivity contribution in [3.63, 3.8) is 0 Å². The molecule has 7 nitrogen and oxygen atoms in total. The maximum absolute atomic E-state index is 11.7. The van der Waals surface area contributed by atoms with Crippen molar-refractivity contribution in [1.29, 1.82) is 0 Å². The fourth-order valence-corrected chi connectivity index (χ4v) is 2.36. The van der Waals surface area contributed by atoms with E-state index in [0.717, 1.165) is 12.8 Å². The van der Waals surface area contributed by atoms with Crippen LogP contribution in [0.2, 0.25) is 0 Å². The summed E-state index contributed by atoms with van der Waals surface area (Å²) in [5.41, 5.74) is 8.50. The molecule has 0 saturated heterocycles. The number of carboxylic acid groups (broad SMARTS) is 1. The number of primary amides is 2. The van der Waals surface area contributed by atoms with Crippen LogP contribution in [0.25, 0.3) is 0 Å². The lowest BCUT2D eigenvalue weighted by atomic mass is 10.3. The Morgan fingerprint density at radius 2 is 1.78 bits per heavy atom. The number of nitrogens with two attached hydrogens (primary N) is 2. The quantitative estimate of drug-likeness (QED) is 0.459. The Hall–Kier alpha value is -1.07. The van der Waals surface area contributed by atoms with Gasteiger partial charge in [-0.15, -0.1) is 0 Å². The third kappa shape index (κ3) is 20.4. The molecule has 1 atom stereocenters. The summed E-state index contributed by atoms with van der Waals surface area (Å²) >= 11 is 0. The summed E-state index contributed by atoms with van der Waals surface area (Å²) in [5.74, 6) is -0.849. The average Bonchev–Trinajstić information content (AvgIpc) is 2.15. The van der Waals surface area contributed by atoms with E-state index in [2.05, 4.69) is 11.5 Å². The van der Waals surface area contributed by atoms with Crippen molar-refractivity contribution in [2.45, 2.75) is 32.6 Å². The van der Waals surface area contributed by atoms with Crippen LogP contribution in [-0.4, -0.2) is 36.5 Å². The minimum Gasteiger partial charge on any atom is -0.481 e. The highest BCUT2D eigenvalue weighted by molar-refractivity contribution is 7.58. The smallest absolute Gasteiger partial charge is 0.309 e. The second kappa shape index (κ2) is 11.0. The topological polar surface area (TPSA) is 133 Å².